The summed E-state index contributed by atoms with van der Waals surface area (Å²) in [6.45, 7) is 3.09. The number of Topliss-reactive ketones (excluding diaryl/α,β-unsaturated/α-hetero) is 1. The molecule has 0 N–H and O–H groups in total. The average molecular weight is 213 g/mol. The zero-order valence-corrected chi connectivity index (χ0v) is 10.1. The number of carbonyl (C=O) groups is 3. The fourth-order valence-corrected chi connectivity index (χ4v) is 0.825. The van der Waals surface area contributed by atoms with Gasteiger partial charge in [0, 0.05) is 13.3 Å². The molecule has 0 aliphatic rings. The summed E-state index contributed by atoms with van der Waals surface area (Å²) in [5, 5.41) is 0. The van der Waals surface area contributed by atoms with Crippen LogP contribution >= 0.6 is 0 Å². The first-order valence-corrected chi connectivity index (χ1v) is 4.33. The summed E-state index contributed by atoms with van der Waals surface area (Å²) in [5.41, 5.74) is 0. The topological polar surface area (TPSA) is 60.4 Å². The van der Waals surface area contributed by atoms with Crippen LogP contribution in [0, 0.1) is 0 Å². The molecule has 5 heteroatoms. The van der Waals surface area contributed by atoms with Crippen LogP contribution in [-0.2, 0) is 19.1 Å². The monoisotopic (exact) mass is 212 g/mol. The van der Waals surface area contributed by atoms with Crippen LogP contribution in [0.3, 0.4) is 0 Å². The van der Waals surface area contributed by atoms with E-state index in [-0.39, 0.29) is 32.3 Å². The molecule has 0 amide bonds. The molecule has 0 aromatic carbocycles. The Morgan fingerprint density at radius 1 is 1.21 bits per heavy atom. The normalized spacial score (nSPS) is 8.71. The SMILES string of the molecule is CCCCCC(=O)C(=O)OC(C)=O.[H-].[H-].[Mg+2]. The molecule has 14 heavy (non-hydrogen) atoms. The molecule has 0 bridgehead atoms. The van der Waals surface area contributed by atoms with E-state index in [1.165, 1.54) is 0 Å². The maximum absolute atomic E-state index is 10.9. The zero-order chi connectivity index (χ0) is 10.3. The summed E-state index contributed by atoms with van der Waals surface area (Å²) in [4.78, 5) is 32.0. The first-order chi connectivity index (χ1) is 6.07. The number of hydrogen-bond donors (Lipinski definition) is 0. The summed E-state index contributed by atoms with van der Waals surface area (Å²) in [6, 6.07) is 0. The van der Waals surface area contributed by atoms with Crippen molar-refractivity contribution in [1.29, 1.82) is 0 Å². The van der Waals surface area contributed by atoms with E-state index >= 15 is 0 Å². The Labute approximate surface area is 102 Å². The Bertz CT molecular complexity index is 222. The summed E-state index contributed by atoms with van der Waals surface area (Å²) in [6.07, 6.45) is 2.72. The summed E-state index contributed by atoms with van der Waals surface area (Å²) < 4.78 is 4.12. The molecule has 0 rings (SSSR count). The van der Waals surface area contributed by atoms with Gasteiger partial charge in [-0.2, -0.15) is 0 Å². The van der Waals surface area contributed by atoms with Crippen molar-refractivity contribution in [3.8, 4) is 0 Å². The van der Waals surface area contributed by atoms with Gasteiger partial charge in [0.25, 0.3) is 0 Å². The third kappa shape index (κ3) is 8.19. The van der Waals surface area contributed by atoms with Crippen LogP contribution in [0.4, 0.5) is 0 Å². The van der Waals surface area contributed by atoms with E-state index in [2.05, 4.69) is 4.74 Å². The quantitative estimate of drug-likeness (QED) is 0.225. The van der Waals surface area contributed by atoms with Gasteiger partial charge in [-0.3, -0.25) is 9.59 Å². The Morgan fingerprint density at radius 2 is 1.79 bits per heavy atom. The van der Waals surface area contributed by atoms with Gasteiger partial charge in [0.1, 0.15) is 0 Å². The molecule has 0 saturated heterocycles. The fourth-order valence-electron chi connectivity index (χ4n) is 0.825. The van der Waals surface area contributed by atoms with Crippen molar-refractivity contribution in [3.63, 3.8) is 0 Å². The van der Waals surface area contributed by atoms with Crippen LogP contribution in [0.1, 0.15) is 42.4 Å². The van der Waals surface area contributed by atoms with Crippen LogP contribution in [0.15, 0.2) is 0 Å². The number of esters is 2. The average Bonchev–Trinajstić information content (AvgIpc) is 2.03. The molecule has 4 nitrogen and oxygen atoms in total. The van der Waals surface area contributed by atoms with Crippen LogP contribution in [0.5, 0.6) is 0 Å². The van der Waals surface area contributed by atoms with Gasteiger partial charge in [-0.25, -0.2) is 4.79 Å². The van der Waals surface area contributed by atoms with E-state index in [9.17, 15) is 14.4 Å². The summed E-state index contributed by atoms with van der Waals surface area (Å²) in [7, 11) is 0. The van der Waals surface area contributed by atoms with E-state index in [0.29, 0.717) is 6.42 Å². The Hall–Kier alpha value is -0.424. The second-order valence-corrected chi connectivity index (χ2v) is 2.76. The molecule has 0 aliphatic heterocycles. The molecule has 0 atom stereocenters. The van der Waals surface area contributed by atoms with Gasteiger partial charge in [-0.15, -0.1) is 0 Å². The number of carbonyl (C=O) groups excluding carboxylic acids is 3. The molecule has 0 heterocycles. The van der Waals surface area contributed by atoms with Crippen LogP contribution in [0.2, 0.25) is 0 Å². The first-order valence-electron chi connectivity index (χ1n) is 4.33. The molecule has 0 aromatic rings. The predicted octanol–water partition coefficient (Wildman–Crippen LogP) is 1.07. The van der Waals surface area contributed by atoms with E-state index in [1.54, 1.807) is 0 Å². The van der Waals surface area contributed by atoms with Crippen molar-refractivity contribution in [2.24, 2.45) is 0 Å². The Kier molecular flexibility index (Phi) is 10.5. The Balaban J connectivity index is -0.000000240. The van der Waals surface area contributed by atoms with Crippen molar-refractivity contribution in [3.05, 3.63) is 0 Å². The van der Waals surface area contributed by atoms with E-state index < -0.39 is 17.7 Å². The second kappa shape index (κ2) is 9.14. The third-order valence-corrected chi connectivity index (χ3v) is 1.47. The maximum atomic E-state index is 10.9. The van der Waals surface area contributed by atoms with Gasteiger partial charge >= 0.3 is 35.0 Å². The van der Waals surface area contributed by atoms with Crippen molar-refractivity contribution in [1.82, 2.24) is 0 Å². The van der Waals surface area contributed by atoms with Crippen LogP contribution in [0.25, 0.3) is 0 Å². The van der Waals surface area contributed by atoms with Gasteiger partial charge in [-0.05, 0) is 6.42 Å². The van der Waals surface area contributed by atoms with Crippen LogP contribution in [-0.4, -0.2) is 40.8 Å². The van der Waals surface area contributed by atoms with E-state index in [1.807, 2.05) is 6.92 Å². The number of rotatable bonds is 5. The molecule has 0 unspecified atom stereocenters. The number of hydrogen-bond acceptors (Lipinski definition) is 4. The van der Waals surface area contributed by atoms with E-state index in [0.717, 1.165) is 19.8 Å². The van der Waals surface area contributed by atoms with E-state index in [4.69, 9.17) is 0 Å². The van der Waals surface area contributed by atoms with Crippen molar-refractivity contribution >= 4 is 40.8 Å². The molecule has 0 radical (unpaired) electrons. The summed E-state index contributed by atoms with van der Waals surface area (Å²) >= 11 is 0. The van der Waals surface area contributed by atoms with Gasteiger partial charge < -0.3 is 7.59 Å². The molecule has 0 aromatic heterocycles. The predicted molar refractivity (Wildman–Crippen MR) is 53.9 cm³/mol. The molecular weight excluding hydrogens is 196 g/mol. The minimum atomic E-state index is -1.04. The molecule has 78 valence electrons. The largest absolute Gasteiger partial charge is 2.00 e. The molecule has 0 aliphatic carbocycles. The minimum Gasteiger partial charge on any atom is -1.00 e. The van der Waals surface area contributed by atoms with Gasteiger partial charge in [0.2, 0.25) is 5.78 Å². The minimum absolute atomic E-state index is 0. The fraction of sp³-hybridized carbons (Fsp3) is 0.667. The maximum Gasteiger partial charge on any atom is 2.00 e. The standard InChI is InChI=1S/C9H14O4.Mg.2H/c1-3-4-5-6-8(11)9(12)13-7(2)10;;;/h3-6H2,1-2H3;;;/q;+2;2*-1. The van der Waals surface area contributed by atoms with Gasteiger partial charge in [0.15, 0.2) is 0 Å². The van der Waals surface area contributed by atoms with Gasteiger partial charge in [0.05, 0.1) is 0 Å². The van der Waals surface area contributed by atoms with Gasteiger partial charge in [-0.1, -0.05) is 19.8 Å². The van der Waals surface area contributed by atoms with Crippen molar-refractivity contribution < 1.29 is 22.0 Å². The first kappa shape index (κ1) is 16.0. The number of ketones is 1. The smallest absolute Gasteiger partial charge is 1.00 e. The van der Waals surface area contributed by atoms with Crippen molar-refractivity contribution in [2.75, 3.05) is 0 Å². The second-order valence-electron chi connectivity index (χ2n) is 2.76. The van der Waals surface area contributed by atoms with Crippen LogP contribution < -0.4 is 0 Å². The number of ether oxygens (including phenoxy) is 1. The summed E-state index contributed by atoms with van der Waals surface area (Å²) in [5.74, 6) is -2.40. The number of unbranched alkanes of at least 4 members (excludes halogenated alkanes) is 2. The molecule has 0 saturated carbocycles. The Morgan fingerprint density at radius 3 is 2.21 bits per heavy atom. The molecule has 0 fully saturated rings. The third-order valence-electron chi connectivity index (χ3n) is 1.47. The van der Waals surface area contributed by atoms with Crippen molar-refractivity contribution in [2.45, 2.75) is 39.5 Å². The molecular formula is C9H16MgO4. The molecule has 0 spiro atoms. The zero-order valence-electron chi connectivity index (χ0n) is 10.7.